The summed E-state index contributed by atoms with van der Waals surface area (Å²) in [6.07, 6.45) is -1.33. The van der Waals surface area contributed by atoms with Crippen molar-refractivity contribution in [2.24, 2.45) is 5.73 Å². The van der Waals surface area contributed by atoms with Crippen LogP contribution >= 0.6 is 0 Å². The Kier molecular flexibility index (Phi) is 8.49. The van der Waals surface area contributed by atoms with Gasteiger partial charge in [-0.2, -0.15) is 0 Å². The zero-order valence-electron chi connectivity index (χ0n) is 2.51. The molecule has 0 unspecified atom stereocenters. The summed E-state index contributed by atoms with van der Waals surface area (Å²) < 4.78 is 0. The molecule has 0 rings (SSSR count). The molecule has 0 aliphatic heterocycles. The fourth-order valence-corrected chi connectivity index (χ4v) is 0. The van der Waals surface area contributed by atoms with Crippen molar-refractivity contribution in [3.63, 3.8) is 0 Å². The van der Waals surface area contributed by atoms with Gasteiger partial charge in [-0.15, -0.1) is 0 Å². The summed E-state index contributed by atoms with van der Waals surface area (Å²) in [5.41, 5.74) is 4.03. The number of carboxylic acid groups (broad SMARTS) is 1. The van der Waals surface area contributed by atoms with Gasteiger partial charge >= 0.3 is 6.09 Å². The number of amides is 1. The third-order valence-electron chi connectivity index (χ3n) is 0. The maximum absolute atomic E-state index is 8.78. The van der Waals surface area contributed by atoms with Crippen molar-refractivity contribution < 1.29 is 51.2 Å². The fourth-order valence-electron chi connectivity index (χ4n) is 0. The standard InChI is InChI=1S/CH3NO2.Pr/c2-1(3)4;/h2H2,(H,3,4);. The molecular formula is CH3NO2Pr. The molecule has 4 heteroatoms. The van der Waals surface area contributed by atoms with E-state index in [9.17, 15) is 0 Å². The summed E-state index contributed by atoms with van der Waals surface area (Å²) in [6, 6.07) is 0. The first kappa shape index (κ1) is 9.16. The molecule has 0 saturated carbocycles. The second kappa shape index (κ2) is 4.63. The van der Waals surface area contributed by atoms with Crippen molar-refractivity contribution in [1.29, 1.82) is 0 Å². The SMILES string of the molecule is NC(=O)O.[Pr]. The summed E-state index contributed by atoms with van der Waals surface area (Å²) in [5, 5.41) is 7.19. The van der Waals surface area contributed by atoms with E-state index >= 15 is 0 Å². The summed E-state index contributed by atoms with van der Waals surface area (Å²) in [5.74, 6) is 0. The van der Waals surface area contributed by atoms with Gasteiger partial charge in [-0.25, -0.2) is 4.79 Å². The molecule has 3 N–H and O–H groups in total. The number of hydrogen-bond acceptors (Lipinski definition) is 1. The van der Waals surface area contributed by atoms with Crippen LogP contribution in [0.3, 0.4) is 0 Å². The van der Waals surface area contributed by atoms with Crippen molar-refractivity contribution in [1.82, 2.24) is 0 Å². The second-order valence-corrected chi connectivity index (χ2v) is 0.338. The summed E-state index contributed by atoms with van der Waals surface area (Å²) in [7, 11) is 0. The van der Waals surface area contributed by atoms with Gasteiger partial charge in [0.05, 0.1) is 0 Å². The second-order valence-electron chi connectivity index (χ2n) is 0.338. The molecule has 0 spiro atoms. The molecule has 27 valence electrons. The fraction of sp³-hybridized carbons (Fsp3) is 0. The largest absolute Gasteiger partial charge is 0.465 e. The minimum Gasteiger partial charge on any atom is -0.465 e. The molecule has 0 bridgehead atoms. The first-order valence-electron chi connectivity index (χ1n) is 0.716. The molecule has 0 aromatic heterocycles. The number of nitrogens with two attached hydrogens (primary N) is 1. The maximum atomic E-state index is 8.78. The Morgan fingerprint density at radius 2 is 1.80 bits per heavy atom. The molecule has 3 nitrogen and oxygen atoms in total. The molecule has 0 aromatic rings. The van der Waals surface area contributed by atoms with Crippen molar-refractivity contribution in [2.75, 3.05) is 0 Å². The van der Waals surface area contributed by atoms with E-state index in [1.165, 1.54) is 0 Å². The molecule has 0 saturated heterocycles. The van der Waals surface area contributed by atoms with Gasteiger partial charge in [0.25, 0.3) is 0 Å². The van der Waals surface area contributed by atoms with Crippen LogP contribution in [0.5, 0.6) is 0 Å². The Morgan fingerprint density at radius 1 is 1.80 bits per heavy atom. The van der Waals surface area contributed by atoms with E-state index in [1.54, 1.807) is 0 Å². The Hall–Kier alpha value is 0.634. The number of rotatable bonds is 0. The smallest absolute Gasteiger partial charge is 0.402 e. The number of primary amides is 1. The summed E-state index contributed by atoms with van der Waals surface area (Å²) in [6.45, 7) is 0. The van der Waals surface area contributed by atoms with Crippen LogP contribution in [0.15, 0.2) is 0 Å². The first-order valence-corrected chi connectivity index (χ1v) is 0.716. The van der Waals surface area contributed by atoms with E-state index in [0.29, 0.717) is 0 Å². The van der Waals surface area contributed by atoms with Crippen molar-refractivity contribution in [3.8, 4) is 0 Å². The minimum atomic E-state index is -1.33. The van der Waals surface area contributed by atoms with E-state index in [4.69, 9.17) is 9.90 Å². The van der Waals surface area contributed by atoms with Gasteiger partial charge in [-0.1, -0.05) is 0 Å². The molecule has 0 heterocycles. The predicted octanol–water partition coefficient (Wildman–Crippen LogP) is -0.377. The van der Waals surface area contributed by atoms with Gasteiger partial charge in [0.1, 0.15) is 0 Å². The van der Waals surface area contributed by atoms with Gasteiger partial charge in [-0.3, -0.25) is 0 Å². The van der Waals surface area contributed by atoms with Gasteiger partial charge in [0.15, 0.2) is 0 Å². The molecule has 0 aliphatic carbocycles. The maximum Gasteiger partial charge on any atom is 0.402 e. The van der Waals surface area contributed by atoms with Gasteiger partial charge in [0.2, 0.25) is 0 Å². The van der Waals surface area contributed by atoms with Crippen LogP contribution in [0.4, 0.5) is 4.79 Å². The van der Waals surface area contributed by atoms with E-state index in [2.05, 4.69) is 5.73 Å². The van der Waals surface area contributed by atoms with Gasteiger partial charge < -0.3 is 10.8 Å². The minimum absolute atomic E-state index is 0. The monoisotopic (exact) mass is 202 g/mol. The zero-order valence-corrected chi connectivity index (χ0v) is 6.21. The van der Waals surface area contributed by atoms with Gasteiger partial charge in [-0.05, 0) is 0 Å². The van der Waals surface area contributed by atoms with Crippen LogP contribution in [0.1, 0.15) is 0 Å². The van der Waals surface area contributed by atoms with Crippen molar-refractivity contribution in [2.45, 2.75) is 0 Å². The van der Waals surface area contributed by atoms with E-state index in [-0.39, 0.29) is 41.3 Å². The van der Waals surface area contributed by atoms with E-state index in [1.807, 2.05) is 0 Å². The molecular weight excluding hydrogens is 199 g/mol. The number of carbonyl (C=O) groups is 1. The Labute approximate surface area is 62.5 Å². The molecule has 1 radical (unpaired) electrons. The van der Waals surface area contributed by atoms with Crippen LogP contribution in [0.2, 0.25) is 0 Å². The molecule has 5 heavy (non-hydrogen) atoms. The van der Waals surface area contributed by atoms with Crippen molar-refractivity contribution in [3.05, 3.63) is 0 Å². The Balaban J connectivity index is 0. The average molecular weight is 202 g/mol. The molecule has 0 fully saturated rings. The van der Waals surface area contributed by atoms with Crippen LogP contribution < -0.4 is 5.73 Å². The normalized spacial score (nSPS) is 4.80. The molecule has 1 amide bonds. The van der Waals surface area contributed by atoms with Crippen LogP contribution in [0.25, 0.3) is 0 Å². The summed E-state index contributed by atoms with van der Waals surface area (Å²) >= 11 is 0. The molecule has 0 atom stereocenters. The first-order chi connectivity index (χ1) is 1.73. The predicted molar refractivity (Wildman–Crippen MR) is 12.2 cm³/mol. The van der Waals surface area contributed by atoms with Crippen LogP contribution in [-0.4, -0.2) is 11.2 Å². The van der Waals surface area contributed by atoms with Crippen molar-refractivity contribution >= 4 is 6.09 Å². The number of hydrogen-bond donors (Lipinski definition) is 2. The Morgan fingerprint density at radius 3 is 1.80 bits per heavy atom. The topological polar surface area (TPSA) is 63.3 Å². The molecule has 0 aliphatic rings. The average Bonchev–Trinajstić information content (AvgIpc) is 0.811. The quantitative estimate of drug-likeness (QED) is 0.562. The Bertz CT molecular complexity index is 32.6. The molecule has 0 aromatic carbocycles. The van der Waals surface area contributed by atoms with Gasteiger partial charge in [0, 0.05) is 41.3 Å². The van der Waals surface area contributed by atoms with E-state index < -0.39 is 6.09 Å². The van der Waals surface area contributed by atoms with Crippen LogP contribution in [-0.2, 0) is 0 Å². The summed E-state index contributed by atoms with van der Waals surface area (Å²) in [4.78, 5) is 8.78. The third kappa shape index (κ3) is 80.0. The zero-order chi connectivity index (χ0) is 3.58. The van der Waals surface area contributed by atoms with E-state index in [0.717, 1.165) is 0 Å². The third-order valence-corrected chi connectivity index (χ3v) is 0. The van der Waals surface area contributed by atoms with Crippen LogP contribution in [0, 0.1) is 41.3 Å².